The van der Waals surface area contributed by atoms with E-state index in [1.54, 1.807) is 12.1 Å². The lowest BCUT2D eigenvalue weighted by Gasteiger charge is -2.12. The van der Waals surface area contributed by atoms with E-state index in [0.717, 1.165) is 5.56 Å². The van der Waals surface area contributed by atoms with E-state index in [9.17, 15) is 13.2 Å². The zero-order chi connectivity index (χ0) is 20.0. The number of benzene rings is 2. The van der Waals surface area contributed by atoms with E-state index in [-0.39, 0.29) is 34.1 Å². The molecule has 6 nitrogen and oxygen atoms in total. The van der Waals surface area contributed by atoms with Crippen LogP contribution in [-0.4, -0.2) is 27.5 Å². The third-order valence-electron chi connectivity index (χ3n) is 3.59. The molecule has 0 aromatic heterocycles. The molecule has 0 aliphatic heterocycles. The number of carbonyl (C=O) groups is 1. The molecule has 0 fully saturated rings. The molecule has 2 N–H and O–H groups in total. The normalized spacial score (nSPS) is 11.4. The maximum absolute atomic E-state index is 12.2. The second kappa shape index (κ2) is 9.21. The minimum Gasteiger partial charge on any atom is -0.482 e. The van der Waals surface area contributed by atoms with Gasteiger partial charge < -0.3 is 10.1 Å². The summed E-state index contributed by atoms with van der Waals surface area (Å²) >= 11 is 6.11. The van der Waals surface area contributed by atoms with E-state index < -0.39 is 10.0 Å². The van der Waals surface area contributed by atoms with Gasteiger partial charge in [-0.3, -0.25) is 4.79 Å². The van der Waals surface area contributed by atoms with Crippen LogP contribution in [-0.2, 0) is 14.8 Å². The Labute approximate surface area is 164 Å². The molecule has 8 heteroatoms. The van der Waals surface area contributed by atoms with Crippen LogP contribution < -0.4 is 14.8 Å². The number of rotatable bonds is 8. The zero-order valence-electron chi connectivity index (χ0n) is 15.5. The number of nitrogens with one attached hydrogen (secondary N) is 2. The number of ether oxygens (including phenoxy) is 1. The topological polar surface area (TPSA) is 84.5 Å². The molecule has 0 saturated heterocycles. The van der Waals surface area contributed by atoms with Crippen LogP contribution in [0.15, 0.2) is 47.4 Å². The van der Waals surface area contributed by atoms with Crippen LogP contribution >= 0.6 is 11.6 Å². The molecular weight excluding hydrogens is 388 g/mol. The van der Waals surface area contributed by atoms with Gasteiger partial charge in [-0.25, -0.2) is 13.1 Å². The van der Waals surface area contributed by atoms with Crippen molar-refractivity contribution in [3.63, 3.8) is 0 Å². The van der Waals surface area contributed by atoms with Crippen molar-refractivity contribution in [2.24, 2.45) is 5.92 Å². The Bertz CT molecular complexity index is 896. The van der Waals surface area contributed by atoms with Crippen molar-refractivity contribution in [2.75, 3.05) is 18.5 Å². The molecular formula is C19H23ClN2O4S. The van der Waals surface area contributed by atoms with Gasteiger partial charge in [0.25, 0.3) is 5.91 Å². The summed E-state index contributed by atoms with van der Waals surface area (Å²) in [5, 5.41) is 2.83. The van der Waals surface area contributed by atoms with Crippen molar-refractivity contribution in [3.8, 4) is 5.75 Å². The summed E-state index contributed by atoms with van der Waals surface area (Å²) in [5.74, 6) is 0.0774. The molecule has 0 aliphatic carbocycles. The van der Waals surface area contributed by atoms with Gasteiger partial charge in [-0.15, -0.1) is 0 Å². The molecule has 0 bridgehead atoms. The van der Waals surface area contributed by atoms with Gasteiger partial charge in [-0.05, 0) is 43.2 Å². The SMILES string of the molecule is Cc1ccc(NC(=O)COc2ccc(S(=O)(=O)NCC(C)C)cc2Cl)cc1. The van der Waals surface area contributed by atoms with Crippen LogP contribution in [0.1, 0.15) is 19.4 Å². The third-order valence-corrected chi connectivity index (χ3v) is 5.31. The van der Waals surface area contributed by atoms with Crippen LogP contribution in [0.2, 0.25) is 5.02 Å². The van der Waals surface area contributed by atoms with E-state index in [0.29, 0.717) is 12.2 Å². The highest BCUT2D eigenvalue weighted by molar-refractivity contribution is 7.89. The molecule has 1 amide bonds. The minimum absolute atomic E-state index is 0.0459. The van der Waals surface area contributed by atoms with Gasteiger partial charge in [0.15, 0.2) is 6.61 Å². The van der Waals surface area contributed by atoms with Gasteiger partial charge in [-0.1, -0.05) is 43.1 Å². The van der Waals surface area contributed by atoms with Crippen LogP contribution in [0.5, 0.6) is 5.75 Å². The fraction of sp³-hybridized carbons (Fsp3) is 0.316. The Hall–Kier alpha value is -2.09. The summed E-state index contributed by atoms with van der Waals surface area (Å²) < 4.78 is 32.4. The number of carbonyl (C=O) groups excluding carboxylic acids is 1. The first-order valence-electron chi connectivity index (χ1n) is 8.46. The summed E-state index contributed by atoms with van der Waals surface area (Å²) in [6.45, 7) is 5.86. The van der Waals surface area contributed by atoms with E-state index in [1.807, 2.05) is 32.9 Å². The summed E-state index contributed by atoms with van der Waals surface area (Å²) in [7, 11) is -3.64. The van der Waals surface area contributed by atoms with Crippen molar-refractivity contribution in [1.29, 1.82) is 0 Å². The first kappa shape index (κ1) is 21.2. The van der Waals surface area contributed by atoms with E-state index in [4.69, 9.17) is 16.3 Å². The third kappa shape index (κ3) is 6.53. The maximum Gasteiger partial charge on any atom is 0.262 e. The average molecular weight is 411 g/mol. The molecule has 0 atom stereocenters. The predicted octanol–water partition coefficient (Wildman–Crippen LogP) is 3.60. The predicted molar refractivity (Wildman–Crippen MR) is 107 cm³/mol. The summed E-state index contributed by atoms with van der Waals surface area (Å²) in [5.41, 5.74) is 1.76. The number of sulfonamides is 1. The fourth-order valence-electron chi connectivity index (χ4n) is 2.10. The zero-order valence-corrected chi connectivity index (χ0v) is 17.0. The highest BCUT2D eigenvalue weighted by Gasteiger charge is 2.16. The number of amides is 1. The van der Waals surface area contributed by atoms with Crippen molar-refractivity contribution >= 4 is 33.2 Å². The molecule has 0 heterocycles. The molecule has 2 rings (SSSR count). The highest BCUT2D eigenvalue weighted by atomic mass is 35.5. The Balaban J connectivity index is 1.97. The molecule has 0 unspecified atom stereocenters. The van der Waals surface area contributed by atoms with Crippen LogP contribution in [0, 0.1) is 12.8 Å². The summed E-state index contributed by atoms with van der Waals surface area (Å²) in [6.07, 6.45) is 0. The van der Waals surface area contributed by atoms with Crippen molar-refractivity contribution < 1.29 is 17.9 Å². The number of anilines is 1. The Morgan fingerprint density at radius 3 is 2.41 bits per heavy atom. The maximum atomic E-state index is 12.2. The van der Waals surface area contributed by atoms with Gasteiger partial charge in [-0.2, -0.15) is 0 Å². The summed E-state index contributed by atoms with van der Waals surface area (Å²) in [6, 6.07) is 11.5. The molecule has 146 valence electrons. The van der Waals surface area contributed by atoms with E-state index >= 15 is 0 Å². The quantitative estimate of drug-likeness (QED) is 0.696. The van der Waals surface area contributed by atoms with Gasteiger partial charge in [0.1, 0.15) is 5.75 Å². The largest absolute Gasteiger partial charge is 0.482 e. The van der Waals surface area contributed by atoms with E-state index in [1.165, 1.54) is 18.2 Å². The summed E-state index contributed by atoms with van der Waals surface area (Å²) in [4.78, 5) is 12.0. The molecule has 2 aromatic carbocycles. The second-order valence-corrected chi connectivity index (χ2v) is 8.72. The molecule has 0 aliphatic rings. The molecule has 27 heavy (non-hydrogen) atoms. The van der Waals surface area contributed by atoms with Crippen molar-refractivity contribution in [1.82, 2.24) is 4.72 Å². The first-order chi connectivity index (χ1) is 12.7. The van der Waals surface area contributed by atoms with Crippen LogP contribution in [0.25, 0.3) is 0 Å². The number of aryl methyl sites for hydroxylation is 1. The van der Waals surface area contributed by atoms with Crippen molar-refractivity contribution in [3.05, 3.63) is 53.1 Å². The van der Waals surface area contributed by atoms with Gasteiger partial charge in [0.05, 0.1) is 9.92 Å². The molecule has 0 radical (unpaired) electrons. The van der Waals surface area contributed by atoms with Gasteiger partial charge in [0.2, 0.25) is 10.0 Å². The Morgan fingerprint density at radius 2 is 1.81 bits per heavy atom. The lowest BCUT2D eigenvalue weighted by atomic mass is 10.2. The number of hydrogen-bond acceptors (Lipinski definition) is 4. The lowest BCUT2D eigenvalue weighted by molar-refractivity contribution is -0.118. The smallest absolute Gasteiger partial charge is 0.262 e. The van der Waals surface area contributed by atoms with Gasteiger partial charge in [0, 0.05) is 12.2 Å². The number of hydrogen-bond donors (Lipinski definition) is 2. The molecule has 2 aromatic rings. The Kier molecular flexibility index (Phi) is 7.24. The molecule has 0 spiro atoms. The van der Waals surface area contributed by atoms with E-state index in [2.05, 4.69) is 10.0 Å². The second-order valence-electron chi connectivity index (χ2n) is 6.54. The monoisotopic (exact) mass is 410 g/mol. The lowest BCUT2D eigenvalue weighted by Crippen LogP contribution is -2.27. The highest BCUT2D eigenvalue weighted by Crippen LogP contribution is 2.27. The Morgan fingerprint density at radius 1 is 1.15 bits per heavy atom. The van der Waals surface area contributed by atoms with Crippen molar-refractivity contribution in [2.45, 2.75) is 25.7 Å². The molecule has 0 saturated carbocycles. The number of halogens is 1. The van der Waals surface area contributed by atoms with Crippen LogP contribution in [0.4, 0.5) is 5.69 Å². The van der Waals surface area contributed by atoms with Gasteiger partial charge >= 0.3 is 0 Å². The fourth-order valence-corrected chi connectivity index (χ4v) is 3.64. The first-order valence-corrected chi connectivity index (χ1v) is 10.3. The average Bonchev–Trinajstić information content (AvgIpc) is 2.61. The van der Waals surface area contributed by atoms with Crippen LogP contribution in [0.3, 0.4) is 0 Å². The minimum atomic E-state index is -3.64. The standard InChI is InChI=1S/C19H23ClN2O4S/c1-13(2)11-21-27(24,25)16-8-9-18(17(20)10-16)26-12-19(23)22-15-6-4-14(3)5-7-15/h4-10,13,21H,11-12H2,1-3H3,(H,22,23).